The number of piperazine rings is 1. The molecule has 6 rings (SSSR count). The fraction of sp³-hybridized carbons (Fsp3) is 0.333. The lowest BCUT2D eigenvalue weighted by Crippen LogP contribution is -2.57. The van der Waals surface area contributed by atoms with Crippen LogP contribution in [0.25, 0.3) is 11.3 Å². The van der Waals surface area contributed by atoms with E-state index in [0.717, 1.165) is 11.3 Å². The molecule has 3 aromatic rings. The Morgan fingerprint density at radius 1 is 1.28 bits per heavy atom. The van der Waals surface area contributed by atoms with Gasteiger partial charge in [-0.3, -0.25) is 14.3 Å². The highest BCUT2D eigenvalue weighted by Crippen LogP contribution is 2.48. The number of amides is 2. The molecule has 3 aliphatic rings. The topological polar surface area (TPSA) is 104 Å². The maximum absolute atomic E-state index is 15.0. The first-order valence-electron chi connectivity index (χ1n) is 12.5. The average molecular weight is 553 g/mol. The van der Waals surface area contributed by atoms with Gasteiger partial charge in [0.15, 0.2) is 5.75 Å². The first kappa shape index (κ1) is 25.2. The van der Waals surface area contributed by atoms with Crippen molar-refractivity contribution < 1.29 is 23.8 Å². The van der Waals surface area contributed by atoms with Crippen molar-refractivity contribution in [2.75, 3.05) is 31.1 Å². The van der Waals surface area contributed by atoms with Gasteiger partial charge in [-0.25, -0.2) is 9.37 Å². The third kappa shape index (κ3) is 3.91. The number of aromatic nitrogens is 3. The number of halogens is 2. The molecule has 39 heavy (non-hydrogen) atoms. The third-order valence-corrected chi connectivity index (χ3v) is 7.97. The highest BCUT2D eigenvalue weighted by molar-refractivity contribution is 6.35. The number of anilines is 1. The van der Waals surface area contributed by atoms with Crippen LogP contribution in [0.1, 0.15) is 34.6 Å². The molecule has 3 aliphatic heterocycles. The van der Waals surface area contributed by atoms with Gasteiger partial charge in [-0.05, 0) is 25.1 Å². The minimum absolute atomic E-state index is 0.0329. The van der Waals surface area contributed by atoms with Gasteiger partial charge >= 0.3 is 0 Å². The fourth-order valence-electron chi connectivity index (χ4n) is 5.65. The van der Waals surface area contributed by atoms with Gasteiger partial charge in [-0.1, -0.05) is 24.2 Å². The molecule has 0 spiro atoms. The van der Waals surface area contributed by atoms with E-state index >= 15 is 4.39 Å². The molecule has 1 unspecified atom stereocenters. The van der Waals surface area contributed by atoms with E-state index in [1.165, 1.54) is 24.3 Å². The molecule has 5 heterocycles. The number of nitrogens with zero attached hydrogens (tertiary/aromatic N) is 6. The number of aryl methyl sites for hydroxylation is 1. The van der Waals surface area contributed by atoms with Crippen molar-refractivity contribution >= 4 is 29.2 Å². The highest BCUT2D eigenvalue weighted by Gasteiger charge is 2.42. The van der Waals surface area contributed by atoms with Crippen LogP contribution in [-0.2, 0) is 18.4 Å². The van der Waals surface area contributed by atoms with Gasteiger partial charge in [-0.15, -0.1) is 0 Å². The second-order valence-electron chi connectivity index (χ2n) is 9.90. The molecule has 1 saturated heterocycles. The van der Waals surface area contributed by atoms with Crippen LogP contribution in [0.2, 0.25) is 5.02 Å². The van der Waals surface area contributed by atoms with Crippen molar-refractivity contribution in [1.82, 2.24) is 24.6 Å². The predicted molar refractivity (Wildman–Crippen MR) is 141 cm³/mol. The van der Waals surface area contributed by atoms with E-state index in [1.807, 2.05) is 25.1 Å². The van der Waals surface area contributed by atoms with Crippen LogP contribution in [0.3, 0.4) is 0 Å². The molecule has 0 bridgehead atoms. The molecule has 1 aromatic carbocycles. The number of hydrogen-bond donors (Lipinski definition) is 1. The number of rotatable bonds is 3. The van der Waals surface area contributed by atoms with Gasteiger partial charge in [0.25, 0.3) is 5.91 Å². The Labute approximate surface area is 228 Å². The molecule has 0 radical (unpaired) electrons. The molecule has 2 atom stereocenters. The molecule has 0 saturated carbocycles. The first-order chi connectivity index (χ1) is 18.7. The SMILES string of the molecule is C=CC(=O)N1CCN2C(=O)c3c(N4Cc5nn(C)cc5C4C)nc(-c4c(O)cccc4F)c(Cl)c3OC[C@H]2C1. The monoisotopic (exact) mass is 552 g/mol. The predicted octanol–water partition coefficient (Wildman–Crippen LogP) is 3.29. The maximum atomic E-state index is 15.0. The van der Waals surface area contributed by atoms with E-state index in [1.54, 1.807) is 14.5 Å². The van der Waals surface area contributed by atoms with E-state index in [2.05, 4.69) is 11.7 Å². The Morgan fingerprint density at radius 2 is 2.08 bits per heavy atom. The van der Waals surface area contributed by atoms with Crippen LogP contribution >= 0.6 is 11.6 Å². The van der Waals surface area contributed by atoms with Gasteiger partial charge in [-0.2, -0.15) is 5.10 Å². The number of ether oxygens (including phenoxy) is 1. The first-order valence-corrected chi connectivity index (χ1v) is 12.9. The van der Waals surface area contributed by atoms with Crippen LogP contribution in [0, 0.1) is 5.82 Å². The maximum Gasteiger partial charge on any atom is 0.261 e. The van der Waals surface area contributed by atoms with Gasteiger partial charge in [0.2, 0.25) is 5.91 Å². The smallest absolute Gasteiger partial charge is 0.261 e. The summed E-state index contributed by atoms with van der Waals surface area (Å²) in [4.78, 5) is 36.4. The zero-order chi connectivity index (χ0) is 27.6. The molecular formula is C27H26ClFN6O4. The number of carbonyl (C=O) groups excluding carboxylic acids is 2. The largest absolute Gasteiger partial charge is 0.507 e. The standard InChI is InChI=1S/C27H26ClFN6O4/c1-4-20(37)33-8-9-34-15(10-33)13-39-25-22(27(34)38)26(35-12-18-16(14(35)2)11-32(3)31-18)30-24(23(25)28)21-17(29)6-5-7-19(21)36/h4-7,11,14-15,36H,1,8-10,12-13H2,2-3H3/t14?,15-/m1/s1. The number of phenols is 1. The lowest BCUT2D eigenvalue weighted by Gasteiger charge is -2.39. The Balaban J connectivity index is 1.52. The zero-order valence-corrected chi connectivity index (χ0v) is 22.2. The quantitative estimate of drug-likeness (QED) is 0.497. The Hall–Kier alpha value is -4.12. The lowest BCUT2D eigenvalue weighted by molar-refractivity contribution is -0.128. The Bertz CT molecular complexity index is 1520. The minimum Gasteiger partial charge on any atom is -0.507 e. The van der Waals surface area contributed by atoms with E-state index < -0.39 is 11.9 Å². The molecule has 10 nitrogen and oxygen atoms in total. The van der Waals surface area contributed by atoms with Crippen molar-refractivity contribution in [2.45, 2.75) is 25.6 Å². The van der Waals surface area contributed by atoms with Crippen molar-refractivity contribution in [1.29, 1.82) is 0 Å². The van der Waals surface area contributed by atoms with E-state index in [0.29, 0.717) is 13.1 Å². The van der Waals surface area contributed by atoms with Crippen molar-refractivity contribution in [3.8, 4) is 22.8 Å². The summed E-state index contributed by atoms with van der Waals surface area (Å²) in [5.41, 5.74) is 1.76. The van der Waals surface area contributed by atoms with Crippen LogP contribution in [-0.4, -0.2) is 73.8 Å². The summed E-state index contributed by atoms with van der Waals surface area (Å²) in [7, 11) is 1.84. The van der Waals surface area contributed by atoms with Gasteiger partial charge in [0.05, 0.1) is 29.9 Å². The summed E-state index contributed by atoms with van der Waals surface area (Å²) in [6.07, 6.45) is 3.17. The summed E-state index contributed by atoms with van der Waals surface area (Å²) in [5.74, 6) is -1.30. The minimum atomic E-state index is -0.716. The number of hydrogen-bond acceptors (Lipinski definition) is 7. The second-order valence-corrected chi connectivity index (χ2v) is 10.3. The molecule has 2 aromatic heterocycles. The van der Waals surface area contributed by atoms with Crippen LogP contribution in [0.5, 0.6) is 11.5 Å². The lowest BCUT2D eigenvalue weighted by atomic mass is 10.0. The number of pyridine rings is 1. The van der Waals surface area contributed by atoms with Gasteiger partial charge < -0.3 is 24.5 Å². The highest BCUT2D eigenvalue weighted by atomic mass is 35.5. The molecule has 2 amide bonds. The van der Waals surface area contributed by atoms with Crippen molar-refractivity contribution in [2.24, 2.45) is 7.05 Å². The van der Waals surface area contributed by atoms with Crippen molar-refractivity contribution in [3.63, 3.8) is 0 Å². The third-order valence-electron chi connectivity index (χ3n) is 7.62. The molecule has 202 valence electrons. The molecule has 0 aliphatic carbocycles. The van der Waals surface area contributed by atoms with Crippen LogP contribution in [0.15, 0.2) is 37.1 Å². The van der Waals surface area contributed by atoms with E-state index in [9.17, 15) is 14.7 Å². The van der Waals surface area contributed by atoms with Crippen molar-refractivity contribution in [3.05, 3.63) is 64.7 Å². The van der Waals surface area contributed by atoms with E-state index in [-0.39, 0.29) is 76.7 Å². The number of fused-ring (bicyclic) bond motifs is 3. The summed E-state index contributed by atoms with van der Waals surface area (Å²) in [5, 5.41) is 15.0. The number of phenolic OH excluding ortho intramolecular Hbond substituents is 1. The summed E-state index contributed by atoms with van der Waals surface area (Å²) < 4.78 is 23.0. The number of aromatic hydroxyl groups is 1. The summed E-state index contributed by atoms with van der Waals surface area (Å²) in [6, 6.07) is 3.28. The Morgan fingerprint density at radius 3 is 2.79 bits per heavy atom. The average Bonchev–Trinajstić information content (AvgIpc) is 3.38. The Kier molecular flexibility index (Phi) is 5.98. The van der Waals surface area contributed by atoms with Gasteiger partial charge in [0.1, 0.15) is 40.3 Å². The molecular weight excluding hydrogens is 527 g/mol. The van der Waals surface area contributed by atoms with Crippen LogP contribution < -0.4 is 9.64 Å². The normalized spacial score (nSPS) is 20.2. The molecule has 1 fully saturated rings. The fourth-order valence-corrected chi connectivity index (χ4v) is 5.93. The van der Waals surface area contributed by atoms with Crippen LogP contribution in [0.4, 0.5) is 10.2 Å². The molecule has 12 heteroatoms. The number of benzene rings is 1. The second kappa shape index (κ2) is 9.26. The molecule has 1 N–H and O–H groups in total. The zero-order valence-electron chi connectivity index (χ0n) is 21.4. The number of carbonyl (C=O) groups is 2. The van der Waals surface area contributed by atoms with E-state index in [4.69, 9.17) is 21.3 Å². The summed E-state index contributed by atoms with van der Waals surface area (Å²) >= 11 is 6.80. The summed E-state index contributed by atoms with van der Waals surface area (Å²) in [6.45, 7) is 6.85. The van der Waals surface area contributed by atoms with Gasteiger partial charge in [0, 0.05) is 38.4 Å².